The number of carbonyl (C=O) groups excluding carboxylic acids is 2. The smallest absolute Gasteiger partial charge is 0.337 e. The number of hydrogen-bond donors (Lipinski definition) is 1. The molecule has 0 bridgehead atoms. The van der Waals surface area contributed by atoms with Crippen LogP contribution in [0, 0.1) is 5.82 Å². The standard InChI is InChI=1S/C20H14BrFN2O4/c1-27-20(26)12-7-8-16(22)17(10-12)24-18(25)15-6-3-9-23-19(15)28-14-5-2-4-13(21)11-14/h2-11H,1H3,(H,24,25). The van der Waals surface area contributed by atoms with Gasteiger partial charge in [-0.3, -0.25) is 4.79 Å². The first-order chi connectivity index (χ1) is 13.5. The molecule has 0 spiro atoms. The lowest BCUT2D eigenvalue weighted by atomic mass is 10.1. The maximum absolute atomic E-state index is 14.1. The van der Waals surface area contributed by atoms with Gasteiger partial charge in [-0.05, 0) is 48.5 Å². The summed E-state index contributed by atoms with van der Waals surface area (Å²) in [5, 5.41) is 2.43. The van der Waals surface area contributed by atoms with Crippen LogP contribution in [0.15, 0.2) is 65.3 Å². The Morgan fingerprint density at radius 2 is 1.93 bits per heavy atom. The fourth-order valence-corrected chi connectivity index (χ4v) is 2.72. The highest BCUT2D eigenvalue weighted by Gasteiger charge is 2.17. The van der Waals surface area contributed by atoms with Gasteiger partial charge < -0.3 is 14.8 Å². The molecule has 1 amide bonds. The van der Waals surface area contributed by atoms with E-state index in [4.69, 9.17) is 4.74 Å². The maximum atomic E-state index is 14.1. The molecule has 0 radical (unpaired) electrons. The third kappa shape index (κ3) is 4.52. The molecular weight excluding hydrogens is 431 g/mol. The highest BCUT2D eigenvalue weighted by molar-refractivity contribution is 9.10. The van der Waals surface area contributed by atoms with Crippen LogP contribution in [-0.2, 0) is 4.74 Å². The van der Waals surface area contributed by atoms with Crippen LogP contribution in [-0.4, -0.2) is 24.0 Å². The van der Waals surface area contributed by atoms with Crippen molar-refractivity contribution in [1.82, 2.24) is 4.98 Å². The number of hydrogen-bond acceptors (Lipinski definition) is 5. The van der Waals surface area contributed by atoms with Gasteiger partial charge in [0.15, 0.2) is 0 Å². The largest absolute Gasteiger partial charge is 0.465 e. The molecule has 1 heterocycles. The minimum atomic E-state index is -0.695. The number of rotatable bonds is 5. The Hall–Kier alpha value is -3.26. The number of anilines is 1. The number of benzene rings is 2. The van der Waals surface area contributed by atoms with Crippen LogP contribution in [0.4, 0.5) is 10.1 Å². The van der Waals surface area contributed by atoms with E-state index in [9.17, 15) is 14.0 Å². The summed E-state index contributed by atoms with van der Waals surface area (Å²) in [6.07, 6.45) is 1.47. The summed E-state index contributed by atoms with van der Waals surface area (Å²) < 4.78 is 25.2. The molecule has 0 saturated carbocycles. The Bertz CT molecular complexity index is 1040. The van der Waals surface area contributed by atoms with Crippen molar-refractivity contribution in [2.24, 2.45) is 0 Å². The molecule has 0 aliphatic carbocycles. The SMILES string of the molecule is COC(=O)c1ccc(F)c(NC(=O)c2cccnc2Oc2cccc(Br)c2)c1. The van der Waals surface area contributed by atoms with E-state index in [2.05, 4.69) is 31.0 Å². The minimum absolute atomic E-state index is 0.0580. The van der Waals surface area contributed by atoms with Crippen LogP contribution in [0.3, 0.4) is 0 Å². The van der Waals surface area contributed by atoms with Gasteiger partial charge in [-0.25, -0.2) is 14.2 Å². The molecule has 0 saturated heterocycles. The molecule has 3 aromatic rings. The van der Waals surface area contributed by atoms with Crippen molar-refractivity contribution < 1.29 is 23.5 Å². The van der Waals surface area contributed by atoms with E-state index < -0.39 is 17.7 Å². The van der Waals surface area contributed by atoms with E-state index in [-0.39, 0.29) is 22.7 Å². The first-order valence-electron chi connectivity index (χ1n) is 8.05. The van der Waals surface area contributed by atoms with Crippen molar-refractivity contribution in [3.05, 3.63) is 82.2 Å². The highest BCUT2D eigenvalue weighted by Crippen LogP contribution is 2.26. The van der Waals surface area contributed by atoms with Gasteiger partial charge in [-0.1, -0.05) is 22.0 Å². The number of nitrogens with one attached hydrogen (secondary N) is 1. The van der Waals surface area contributed by atoms with Crippen molar-refractivity contribution >= 4 is 33.5 Å². The molecule has 1 aromatic heterocycles. The van der Waals surface area contributed by atoms with Gasteiger partial charge in [0.05, 0.1) is 18.4 Å². The normalized spacial score (nSPS) is 10.2. The monoisotopic (exact) mass is 444 g/mol. The number of aromatic nitrogens is 1. The molecular formula is C20H14BrFN2O4. The van der Waals surface area contributed by atoms with E-state index in [0.717, 1.165) is 10.5 Å². The first-order valence-corrected chi connectivity index (χ1v) is 8.85. The van der Waals surface area contributed by atoms with Crippen LogP contribution in [0.2, 0.25) is 0 Å². The summed E-state index contributed by atoms with van der Waals surface area (Å²) in [6, 6.07) is 13.6. The van der Waals surface area contributed by atoms with Crippen LogP contribution in [0.25, 0.3) is 0 Å². The van der Waals surface area contributed by atoms with Crippen LogP contribution in [0.1, 0.15) is 20.7 Å². The van der Waals surface area contributed by atoms with Crippen molar-refractivity contribution in [3.63, 3.8) is 0 Å². The van der Waals surface area contributed by atoms with Crippen molar-refractivity contribution in [2.45, 2.75) is 0 Å². The third-order valence-electron chi connectivity index (χ3n) is 3.66. The number of halogens is 2. The number of esters is 1. The predicted octanol–water partition coefficient (Wildman–Crippen LogP) is 4.81. The van der Waals surface area contributed by atoms with Crippen LogP contribution < -0.4 is 10.1 Å². The zero-order chi connectivity index (χ0) is 20.1. The predicted molar refractivity (Wildman–Crippen MR) is 104 cm³/mol. The fraction of sp³-hybridized carbons (Fsp3) is 0.0500. The summed E-state index contributed by atoms with van der Waals surface area (Å²) in [5.74, 6) is -1.45. The van der Waals surface area contributed by atoms with Gasteiger partial charge in [-0.2, -0.15) is 0 Å². The van der Waals surface area contributed by atoms with E-state index in [0.29, 0.717) is 5.75 Å². The average Bonchev–Trinajstić information content (AvgIpc) is 2.69. The number of ether oxygens (including phenoxy) is 2. The van der Waals surface area contributed by atoms with E-state index in [1.807, 2.05) is 6.07 Å². The second-order valence-corrected chi connectivity index (χ2v) is 6.47. The van der Waals surface area contributed by atoms with Gasteiger partial charge >= 0.3 is 5.97 Å². The molecule has 0 aliphatic heterocycles. The second kappa shape index (κ2) is 8.62. The topological polar surface area (TPSA) is 77.5 Å². The number of nitrogens with zero attached hydrogens (tertiary/aromatic N) is 1. The van der Waals surface area contributed by atoms with Gasteiger partial charge in [-0.15, -0.1) is 0 Å². The van der Waals surface area contributed by atoms with Crippen LogP contribution >= 0.6 is 15.9 Å². The zero-order valence-electron chi connectivity index (χ0n) is 14.6. The maximum Gasteiger partial charge on any atom is 0.337 e. The van der Waals surface area contributed by atoms with Crippen molar-refractivity contribution in [3.8, 4) is 11.6 Å². The summed E-state index contributed by atoms with van der Waals surface area (Å²) >= 11 is 3.34. The first kappa shape index (κ1) is 19.5. The number of carbonyl (C=O) groups is 2. The summed E-state index contributed by atoms with van der Waals surface area (Å²) in [4.78, 5) is 28.4. The van der Waals surface area contributed by atoms with Crippen molar-refractivity contribution in [1.29, 1.82) is 0 Å². The lowest BCUT2D eigenvalue weighted by molar-refractivity contribution is 0.0600. The number of methoxy groups -OCH3 is 1. The molecule has 0 atom stereocenters. The second-order valence-electron chi connectivity index (χ2n) is 5.56. The third-order valence-corrected chi connectivity index (χ3v) is 4.16. The number of pyridine rings is 1. The van der Waals surface area contributed by atoms with Crippen molar-refractivity contribution in [2.75, 3.05) is 12.4 Å². The van der Waals surface area contributed by atoms with E-state index in [1.54, 1.807) is 24.3 Å². The molecule has 8 heteroatoms. The summed E-state index contributed by atoms with van der Waals surface area (Å²) in [7, 11) is 1.21. The minimum Gasteiger partial charge on any atom is -0.465 e. The molecule has 1 N–H and O–H groups in total. The molecule has 28 heavy (non-hydrogen) atoms. The molecule has 0 unspecified atom stereocenters. The quantitative estimate of drug-likeness (QED) is 0.571. The Kier molecular flexibility index (Phi) is 6.00. The molecule has 6 nitrogen and oxygen atoms in total. The Balaban J connectivity index is 1.87. The van der Waals surface area contributed by atoms with Crippen LogP contribution in [0.5, 0.6) is 11.6 Å². The Labute approximate surface area is 168 Å². The van der Waals surface area contributed by atoms with Gasteiger partial charge in [0.25, 0.3) is 5.91 Å². The van der Waals surface area contributed by atoms with E-state index >= 15 is 0 Å². The number of amides is 1. The van der Waals surface area contributed by atoms with E-state index in [1.165, 1.54) is 31.5 Å². The highest BCUT2D eigenvalue weighted by atomic mass is 79.9. The molecule has 142 valence electrons. The molecule has 2 aromatic carbocycles. The zero-order valence-corrected chi connectivity index (χ0v) is 16.2. The van der Waals surface area contributed by atoms with Gasteiger partial charge in [0.1, 0.15) is 17.1 Å². The molecule has 3 rings (SSSR count). The Morgan fingerprint density at radius 3 is 2.68 bits per heavy atom. The fourth-order valence-electron chi connectivity index (χ4n) is 2.34. The Morgan fingerprint density at radius 1 is 1.11 bits per heavy atom. The lowest BCUT2D eigenvalue weighted by Gasteiger charge is -2.11. The molecule has 0 fully saturated rings. The van der Waals surface area contributed by atoms with Gasteiger partial charge in [0, 0.05) is 10.7 Å². The summed E-state index contributed by atoms with van der Waals surface area (Å²) in [5.41, 5.74) is 0.0477. The van der Waals surface area contributed by atoms with Gasteiger partial charge in [0.2, 0.25) is 5.88 Å². The molecule has 0 aliphatic rings. The lowest BCUT2D eigenvalue weighted by Crippen LogP contribution is -2.15. The average molecular weight is 445 g/mol. The summed E-state index contributed by atoms with van der Waals surface area (Å²) in [6.45, 7) is 0.